The van der Waals surface area contributed by atoms with Crippen molar-refractivity contribution in [3.63, 3.8) is 0 Å². The number of aromatic nitrogens is 2. The molecular weight excluding hydrogens is 414 g/mol. The van der Waals surface area contributed by atoms with Gasteiger partial charge in [0.2, 0.25) is 5.91 Å². The molecule has 2 N–H and O–H groups in total. The van der Waals surface area contributed by atoms with E-state index >= 15 is 0 Å². The number of aliphatic hydroxyl groups is 1. The molecule has 4 rings (SSSR count). The molecule has 0 unspecified atom stereocenters. The van der Waals surface area contributed by atoms with Crippen LogP contribution in [0, 0.1) is 5.92 Å². The van der Waals surface area contributed by atoms with Crippen molar-refractivity contribution in [3.05, 3.63) is 63.4 Å². The van der Waals surface area contributed by atoms with Gasteiger partial charge in [0.15, 0.2) is 0 Å². The summed E-state index contributed by atoms with van der Waals surface area (Å²) in [4.78, 5) is 30.8. The molecule has 0 saturated heterocycles. The fourth-order valence-electron chi connectivity index (χ4n) is 4.16. The Labute approximate surface area is 185 Å². The third-order valence-corrected chi connectivity index (χ3v) is 6.01. The molecule has 0 atom stereocenters. The number of carbonyl (C=O) groups excluding carboxylic acids is 1. The molecule has 162 valence electrons. The predicted octanol–water partition coefficient (Wildman–Crippen LogP) is 3.73. The molecular formula is C24H26ClN3O3. The number of nitrogens with one attached hydrogen (secondary N) is 1. The Balaban J connectivity index is 1.82. The maximum Gasteiger partial charge on any atom is 0.262 e. The van der Waals surface area contributed by atoms with Crippen LogP contribution in [0.25, 0.3) is 22.3 Å². The second-order valence-corrected chi connectivity index (χ2v) is 8.99. The summed E-state index contributed by atoms with van der Waals surface area (Å²) in [5.41, 5.74) is 2.09. The minimum atomic E-state index is -0.251. The number of fused-ring (bicyclic) bond motifs is 1. The summed E-state index contributed by atoms with van der Waals surface area (Å²) in [6, 6.07) is 12.8. The first-order valence-corrected chi connectivity index (χ1v) is 10.9. The van der Waals surface area contributed by atoms with Crippen LogP contribution in [-0.2, 0) is 11.3 Å². The van der Waals surface area contributed by atoms with E-state index in [1.807, 2.05) is 38.1 Å². The number of nitrogens with zero attached hydrogens (tertiary/aromatic N) is 2. The van der Waals surface area contributed by atoms with Crippen LogP contribution in [0.4, 0.5) is 0 Å². The Morgan fingerprint density at radius 2 is 2.03 bits per heavy atom. The number of aliphatic hydroxyl groups excluding tert-OH is 1. The number of amides is 1. The number of benzene rings is 2. The minimum absolute atomic E-state index is 0.0315. The van der Waals surface area contributed by atoms with E-state index in [1.54, 1.807) is 18.2 Å². The van der Waals surface area contributed by atoms with E-state index in [0.29, 0.717) is 39.1 Å². The molecule has 1 aliphatic carbocycles. The summed E-state index contributed by atoms with van der Waals surface area (Å²) < 4.78 is 1.42. The first-order chi connectivity index (χ1) is 14.9. The van der Waals surface area contributed by atoms with Gasteiger partial charge in [0.05, 0.1) is 10.9 Å². The molecule has 0 aliphatic heterocycles. The second kappa shape index (κ2) is 8.81. The van der Waals surface area contributed by atoms with E-state index in [2.05, 4.69) is 5.32 Å². The summed E-state index contributed by atoms with van der Waals surface area (Å²) in [5.74, 6) is 0.838. The maximum atomic E-state index is 13.5. The Hall–Kier alpha value is -2.70. The zero-order chi connectivity index (χ0) is 22.1. The van der Waals surface area contributed by atoms with Crippen LogP contribution in [0.2, 0.25) is 5.02 Å². The van der Waals surface area contributed by atoms with Gasteiger partial charge in [-0.15, -0.1) is 0 Å². The predicted molar refractivity (Wildman–Crippen MR) is 122 cm³/mol. The van der Waals surface area contributed by atoms with Crippen molar-refractivity contribution in [1.29, 1.82) is 0 Å². The van der Waals surface area contributed by atoms with E-state index in [4.69, 9.17) is 16.6 Å². The topological polar surface area (TPSA) is 84.2 Å². The molecule has 6 nitrogen and oxygen atoms in total. The van der Waals surface area contributed by atoms with E-state index in [1.165, 1.54) is 4.57 Å². The Morgan fingerprint density at radius 3 is 2.71 bits per heavy atom. The first kappa shape index (κ1) is 21.5. The number of carbonyl (C=O) groups is 1. The van der Waals surface area contributed by atoms with Gasteiger partial charge in [0.25, 0.3) is 5.56 Å². The Morgan fingerprint density at radius 1 is 1.26 bits per heavy atom. The van der Waals surface area contributed by atoms with Crippen LogP contribution in [-0.4, -0.2) is 33.2 Å². The monoisotopic (exact) mass is 439 g/mol. The van der Waals surface area contributed by atoms with Crippen LogP contribution in [0.5, 0.6) is 0 Å². The van der Waals surface area contributed by atoms with E-state index in [0.717, 1.165) is 18.4 Å². The molecule has 31 heavy (non-hydrogen) atoms. The third-order valence-electron chi connectivity index (χ3n) is 5.78. The quantitative estimate of drug-likeness (QED) is 0.613. The molecule has 3 aromatic rings. The van der Waals surface area contributed by atoms with Gasteiger partial charge in [0, 0.05) is 23.2 Å². The highest BCUT2D eigenvalue weighted by Gasteiger charge is 2.30. The van der Waals surface area contributed by atoms with Crippen LogP contribution in [0.15, 0.2) is 47.3 Å². The largest absolute Gasteiger partial charge is 0.396 e. The SMILES string of the molecule is CC(C)NC(=O)Cn1c(-c2cccc(Cl)c2)nc2ccc(C3CC(CO)C3)cc2c1=O. The van der Waals surface area contributed by atoms with Crippen molar-refractivity contribution in [2.45, 2.75) is 45.2 Å². The van der Waals surface area contributed by atoms with Gasteiger partial charge in [-0.1, -0.05) is 29.8 Å². The van der Waals surface area contributed by atoms with Crippen LogP contribution in [0.1, 0.15) is 38.2 Å². The van der Waals surface area contributed by atoms with Gasteiger partial charge in [-0.3, -0.25) is 14.2 Å². The summed E-state index contributed by atoms with van der Waals surface area (Å²) in [6.07, 6.45) is 1.84. The molecule has 0 spiro atoms. The smallest absolute Gasteiger partial charge is 0.262 e. The molecule has 7 heteroatoms. The van der Waals surface area contributed by atoms with E-state index in [9.17, 15) is 14.7 Å². The van der Waals surface area contributed by atoms with Crippen molar-refractivity contribution in [3.8, 4) is 11.4 Å². The van der Waals surface area contributed by atoms with Gasteiger partial charge >= 0.3 is 0 Å². The molecule has 1 aliphatic rings. The van der Waals surface area contributed by atoms with Crippen molar-refractivity contribution < 1.29 is 9.90 Å². The number of halogens is 1. The van der Waals surface area contributed by atoms with Crippen LogP contribution >= 0.6 is 11.6 Å². The van der Waals surface area contributed by atoms with E-state index in [-0.39, 0.29) is 30.7 Å². The lowest BCUT2D eigenvalue weighted by Gasteiger charge is -2.34. The fraction of sp³-hybridized carbons (Fsp3) is 0.375. The Bertz CT molecular complexity index is 1180. The van der Waals surface area contributed by atoms with Gasteiger partial charge in [-0.25, -0.2) is 4.98 Å². The Kier molecular flexibility index (Phi) is 6.12. The molecule has 1 saturated carbocycles. The normalized spacial score (nSPS) is 18.2. The van der Waals surface area contributed by atoms with Crippen LogP contribution in [0.3, 0.4) is 0 Å². The van der Waals surface area contributed by atoms with Gasteiger partial charge in [-0.2, -0.15) is 0 Å². The zero-order valence-electron chi connectivity index (χ0n) is 17.6. The van der Waals surface area contributed by atoms with Gasteiger partial charge in [0.1, 0.15) is 12.4 Å². The molecule has 0 bridgehead atoms. The van der Waals surface area contributed by atoms with Gasteiger partial charge in [-0.05, 0) is 68.4 Å². The summed E-state index contributed by atoms with van der Waals surface area (Å²) in [7, 11) is 0. The molecule has 0 radical (unpaired) electrons. The molecule has 2 aromatic carbocycles. The second-order valence-electron chi connectivity index (χ2n) is 8.55. The van der Waals surface area contributed by atoms with Crippen LogP contribution < -0.4 is 10.9 Å². The molecule has 1 aromatic heterocycles. The summed E-state index contributed by atoms with van der Waals surface area (Å²) >= 11 is 6.17. The lowest BCUT2D eigenvalue weighted by atomic mass is 9.72. The van der Waals surface area contributed by atoms with Crippen molar-refractivity contribution in [1.82, 2.24) is 14.9 Å². The highest BCUT2D eigenvalue weighted by atomic mass is 35.5. The fourth-order valence-corrected chi connectivity index (χ4v) is 4.35. The third kappa shape index (κ3) is 4.50. The van der Waals surface area contributed by atoms with Crippen molar-refractivity contribution in [2.24, 2.45) is 5.92 Å². The van der Waals surface area contributed by atoms with E-state index < -0.39 is 0 Å². The zero-order valence-corrected chi connectivity index (χ0v) is 18.4. The number of rotatable bonds is 6. The maximum absolute atomic E-state index is 13.5. The molecule has 1 heterocycles. The highest BCUT2D eigenvalue weighted by molar-refractivity contribution is 6.30. The summed E-state index contributed by atoms with van der Waals surface area (Å²) in [5, 5.41) is 13.2. The van der Waals surface area contributed by atoms with Crippen molar-refractivity contribution in [2.75, 3.05) is 6.61 Å². The van der Waals surface area contributed by atoms with Gasteiger partial charge < -0.3 is 10.4 Å². The lowest BCUT2D eigenvalue weighted by molar-refractivity contribution is -0.122. The first-order valence-electron chi connectivity index (χ1n) is 10.6. The standard InChI is InChI=1S/C24H26ClN3O3/c1-14(2)26-22(30)12-28-23(17-4-3-5-19(25)10-17)27-21-7-6-16(11-20(21)24(28)31)18-8-15(9-18)13-29/h3-7,10-11,14-15,18,29H,8-9,12-13H2,1-2H3,(H,26,30). The minimum Gasteiger partial charge on any atom is -0.396 e. The molecule has 1 fully saturated rings. The number of hydrogen-bond acceptors (Lipinski definition) is 4. The lowest BCUT2D eigenvalue weighted by Crippen LogP contribution is -2.37. The average molecular weight is 440 g/mol. The highest BCUT2D eigenvalue weighted by Crippen LogP contribution is 2.41. The molecule has 1 amide bonds. The van der Waals surface area contributed by atoms with Crippen molar-refractivity contribution >= 4 is 28.4 Å². The average Bonchev–Trinajstić information content (AvgIpc) is 2.69. The summed E-state index contributed by atoms with van der Waals surface area (Å²) in [6.45, 7) is 3.83. The number of hydrogen-bond donors (Lipinski definition) is 2.